The van der Waals surface area contributed by atoms with Crippen molar-refractivity contribution in [3.8, 4) is 0 Å². The van der Waals surface area contributed by atoms with Crippen molar-refractivity contribution >= 4 is 64.3 Å². The maximum absolute atomic E-state index is 13.7. The van der Waals surface area contributed by atoms with E-state index in [4.69, 9.17) is 27.3 Å². The average Bonchev–Trinajstić information content (AvgIpc) is 2.26. The fraction of sp³-hybridized carbons (Fsp3) is 0.567. The molecular weight excluding hydrogens is 1090 g/mol. The van der Waals surface area contributed by atoms with E-state index in [2.05, 4.69) is 26.3 Å². The van der Waals surface area contributed by atoms with E-state index in [-0.39, 0.29) is 104 Å². The van der Waals surface area contributed by atoms with Crippen LogP contribution in [0.3, 0.4) is 0 Å². The molecule has 0 spiro atoms. The smallest absolute Gasteiger partial charge is 0.252 e. The number of nitrogens with one attached hydrogen (secondary N) is 5. The van der Waals surface area contributed by atoms with Gasteiger partial charge >= 0.3 is 0 Å². The largest absolute Gasteiger partial charge is 0.370 e. The number of benzene rings is 3. The first kappa shape index (κ1) is 74.7. The highest BCUT2D eigenvalue weighted by atomic mass is 16.6. The van der Waals surface area contributed by atoms with Gasteiger partial charge in [-0.2, -0.15) is 0 Å². The first-order valence-electron chi connectivity index (χ1n) is 30.2. The Hall–Kier alpha value is -7.41. The van der Waals surface area contributed by atoms with Crippen molar-refractivity contribution in [1.82, 2.24) is 21.3 Å². The second kappa shape index (κ2) is 39.3. The Labute approximate surface area is 511 Å². The number of Topliss-reactive ketones (excluding diaryl/α,β-unsaturated/α-hetero) is 4. The lowest BCUT2D eigenvalue weighted by Crippen LogP contribution is -2.49. The lowest BCUT2D eigenvalue weighted by molar-refractivity contribution is -0.135. The van der Waals surface area contributed by atoms with Gasteiger partial charge in [-0.15, -0.1) is 0 Å². The van der Waals surface area contributed by atoms with E-state index in [1.54, 1.807) is 37.3 Å². The second-order valence-electron chi connectivity index (χ2n) is 24.1. The van der Waals surface area contributed by atoms with Crippen LogP contribution in [0.25, 0.3) is 0 Å². The minimum Gasteiger partial charge on any atom is -0.370 e. The molecule has 474 valence electrons. The molecule has 1 heterocycles. The topological polar surface area (TPSA) is 329 Å². The van der Waals surface area contributed by atoms with Gasteiger partial charge in [-0.25, -0.2) is 0 Å². The molecule has 19 heteroatoms. The van der Waals surface area contributed by atoms with Gasteiger partial charge in [0.1, 0.15) is 0 Å². The minimum absolute atomic E-state index is 0. The average molecular weight is 1190 g/mol. The molecule has 11 N–H and O–H groups in total. The number of nitrogens with two attached hydrogens (primary N) is 3. The summed E-state index contributed by atoms with van der Waals surface area (Å²) < 4.78 is 5.36. The van der Waals surface area contributed by atoms with Crippen molar-refractivity contribution in [3.05, 3.63) is 108 Å². The van der Waals surface area contributed by atoms with E-state index in [9.17, 15) is 43.2 Å². The third-order valence-electron chi connectivity index (χ3n) is 14.7. The molecule has 1 aliphatic rings. The van der Waals surface area contributed by atoms with Crippen LogP contribution in [0, 0.1) is 46.8 Å². The van der Waals surface area contributed by atoms with Gasteiger partial charge in [-0.05, 0) is 99.5 Å². The Morgan fingerprint density at radius 1 is 0.581 bits per heavy atom. The van der Waals surface area contributed by atoms with Crippen LogP contribution in [0.15, 0.2) is 96.0 Å². The third-order valence-corrected chi connectivity index (χ3v) is 14.7. The number of guanidine groups is 1. The van der Waals surface area contributed by atoms with Crippen LogP contribution in [0.1, 0.15) is 168 Å². The number of nitrogens with zero attached hydrogens (tertiary/aromatic N) is 1. The summed E-state index contributed by atoms with van der Waals surface area (Å²) in [6.45, 7) is 17.9. The number of unbranched alkanes of at least 4 members (excludes halogenated alkanes) is 2. The molecule has 0 bridgehead atoms. The van der Waals surface area contributed by atoms with Crippen LogP contribution in [0.2, 0.25) is 0 Å². The van der Waals surface area contributed by atoms with Crippen molar-refractivity contribution in [2.75, 3.05) is 13.1 Å². The zero-order chi connectivity index (χ0) is 63.2. The zero-order valence-electron chi connectivity index (χ0n) is 51.7. The molecule has 3 aromatic carbocycles. The molecule has 1 aliphatic heterocycles. The standard InChI is InChI=1S/C37H54N6O5.C29H43N3O5.CH4/c1-24(2)20-29(36(48)43-34(25(3)4)32(45)22-28(35(38)47)21-27-14-9-6-10-15-27)23-31(44)30(16-11-19-41-37(39)40)42-33(46)18-17-26-12-7-5-8-13-26;1-18(2)16-22(28(35)31-15-11-7-8-12-20(5)30)17-23(33)24(19(3)4)32-29(36)27-26(37-27)25(34)21-13-9-6-10-14-21;/h5-10,12-15,24-25,28-30,34H,11,16-23H2,1-4H3,(H2,38,47)(H,42,46)(H,43,48)(H4,39,40,41);6,9-10,13-14,18-19,22,24,26-27,30H,7-8,11-12,15-17H2,1-5H3,(H,31,35)(H,32,36);1H4. The number of aryl methyl sites for hydroxylation is 1. The monoisotopic (exact) mass is 1190 g/mol. The Bertz CT molecular complexity index is 2660. The number of carbonyl (C=O) groups excluding carboxylic acids is 9. The lowest BCUT2D eigenvalue weighted by atomic mass is 9.86. The van der Waals surface area contributed by atoms with Gasteiger partial charge in [-0.3, -0.25) is 48.1 Å². The second-order valence-corrected chi connectivity index (χ2v) is 24.1. The Kier molecular flexibility index (Phi) is 34.1. The highest BCUT2D eigenvalue weighted by molar-refractivity contribution is 6.06. The molecule has 0 radical (unpaired) electrons. The highest BCUT2D eigenvalue weighted by Crippen LogP contribution is 2.28. The first-order chi connectivity index (χ1) is 40.3. The summed E-state index contributed by atoms with van der Waals surface area (Å²) in [6.07, 6.45) is 4.27. The zero-order valence-corrected chi connectivity index (χ0v) is 51.7. The Morgan fingerprint density at radius 2 is 1.09 bits per heavy atom. The summed E-state index contributed by atoms with van der Waals surface area (Å²) in [5, 5.41) is 19.0. The number of rotatable bonds is 39. The quantitative estimate of drug-likeness (QED) is 0.00886. The number of ketones is 4. The van der Waals surface area contributed by atoms with Crippen LogP contribution in [-0.4, -0.2) is 108 Å². The molecular formula is C67H101N9O10. The molecule has 8 atom stereocenters. The van der Waals surface area contributed by atoms with Crippen LogP contribution >= 0.6 is 0 Å². The number of epoxide rings is 1. The maximum Gasteiger partial charge on any atom is 0.252 e. The van der Waals surface area contributed by atoms with Crippen LogP contribution in [0.4, 0.5) is 0 Å². The molecule has 4 rings (SSSR count). The normalized spacial score (nSPS) is 15.5. The van der Waals surface area contributed by atoms with E-state index in [1.807, 2.05) is 116 Å². The summed E-state index contributed by atoms with van der Waals surface area (Å²) in [4.78, 5) is 122. The van der Waals surface area contributed by atoms with E-state index >= 15 is 0 Å². The van der Waals surface area contributed by atoms with E-state index in [0.29, 0.717) is 56.3 Å². The van der Waals surface area contributed by atoms with Gasteiger partial charge in [-0.1, -0.05) is 160 Å². The summed E-state index contributed by atoms with van der Waals surface area (Å²) in [7, 11) is 0. The number of hydrogen-bond acceptors (Lipinski definition) is 12. The van der Waals surface area contributed by atoms with Gasteiger partial charge in [0.2, 0.25) is 23.6 Å². The fourth-order valence-corrected chi connectivity index (χ4v) is 10.1. The van der Waals surface area contributed by atoms with E-state index in [1.165, 1.54) is 0 Å². The summed E-state index contributed by atoms with van der Waals surface area (Å²) in [5.41, 5.74) is 19.6. The molecule has 3 aromatic rings. The van der Waals surface area contributed by atoms with E-state index < -0.39 is 65.8 Å². The molecule has 8 unspecified atom stereocenters. The summed E-state index contributed by atoms with van der Waals surface area (Å²) >= 11 is 0. The van der Waals surface area contributed by atoms with Crippen molar-refractivity contribution in [2.45, 2.75) is 190 Å². The van der Waals surface area contributed by atoms with Crippen molar-refractivity contribution in [2.24, 2.45) is 63.6 Å². The van der Waals surface area contributed by atoms with Crippen molar-refractivity contribution < 1.29 is 47.9 Å². The Balaban J connectivity index is 0.000000599. The van der Waals surface area contributed by atoms with Crippen molar-refractivity contribution in [1.29, 1.82) is 5.41 Å². The molecule has 1 fully saturated rings. The van der Waals surface area contributed by atoms with Gasteiger partial charge in [0.05, 0.1) is 18.1 Å². The number of carbonyl (C=O) groups is 9. The number of amides is 5. The molecule has 0 saturated carbocycles. The first-order valence-corrected chi connectivity index (χ1v) is 30.2. The lowest BCUT2D eigenvalue weighted by Gasteiger charge is -2.27. The fourth-order valence-electron chi connectivity index (χ4n) is 10.1. The SMILES string of the molecule is C.CC(=N)CCCCCNC(=O)C(CC(=O)C(NC(=O)C1OC1C(=O)c1ccccc1)C(C)C)CC(C)C.CC(C)CC(CC(=O)C(CCCN=C(N)N)NC(=O)CCc1ccccc1)C(=O)NC(C(=O)CC(Cc1ccccc1)C(N)=O)C(C)C. The number of aliphatic imine (C=N–C) groups is 1. The Morgan fingerprint density at radius 3 is 1.62 bits per heavy atom. The predicted molar refractivity (Wildman–Crippen MR) is 339 cm³/mol. The van der Waals surface area contributed by atoms with Gasteiger partial charge in [0.15, 0.2) is 41.3 Å². The molecule has 0 aromatic heterocycles. The van der Waals surface area contributed by atoms with Gasteiger partial charge in [0, 0.05) is 67.8 Å². The third kappa shape index (κ3) is 28.7. The van der Waals surface area contributed by atoms with Gasteiger partial charge in [0.25, 0.3) is 5.91 Å². The minimum atomic E-state index is -0.909. The summed E-state index contributed by atoms with van der Waals surface area (Å²) in [5.74, 6) is -5.05. The van der Waals surface area contributed by atoms with Crippen molar-refractivity contribution in [3.63, 3.8) is 0 Å². The molecule has 19 nitrogen and oxygen atoms in total. The summed E-state index contributed by atoms with van der Waals surface area (Å²) in [6, 6.07) is 25.1. The van der Waals surface area contributed by atoms with E-state index in [0.717, 1.165) is 36.8 Å². The molecule has 1 saturated heterocycles. The maximum atomic E-state index is 13.7. The molecule has 0 aliphatic carbocycles. The number of hydrogen-bond donors (Lipinski definition) is 8. The van der Waals surface area contributed by atoms with Gasteiger partial charge < -0.3 is 48.6 Å². The van der Waals surface area contributed by atoms with Crippen LogP contribution in [-0.2, 0) is 55.9 Å². The van der Waals surface area contributed by atoms with Crippen LogP contribution < -0.4 is 38.5 Å². The molecule has 86 heavy (non-hydrogen) atoms. The number of primary amides is 1. The van der Waals surface area contributed by atoms with Crippen LogP contribution in [0.5, 0.6) is 0 Å². The highest BCUT2D eigenvalue weighted by Gasteiger charge is 2.51. The molecule has 5 amide bonds. The predicted octanol–water partition coefficient (Wildman–Crippen LogP) is 7.97. The number of ether oxygens (including phenoxy) is 1.